The van der Waals surface area contributed by atoms with Gasteiger partial charge < -0.3 is 11.1 Å². The molecule has 20 heavy (non-hydrogen) atoms. The molecule has 112 valence electrons. The minimum atomic E-state index is 0.106. The van der Waals surface area contributed by atoms with Crippen molar-refractivity contribution in [3.05, 3.63) is 29.8 Å². The maximum absolute atomic E-state index is 11.7. The first kappa shape index (κ1) is 16.5. The summed E-state index contributed by atoms with van der Waals surface area (Å²) in [6.45, 7) is 8.37. The van der Waals surface area contributed by atoms with E-state index in [0.29, 0.717) is 6.54 Å². The Balaban J connectivity index is 2.30. The van der Waals surface area contributed by atoms with Gasteiger partial charge >= 0.3 is 0 Å². The van der Waals surface area contributed by atoms with Crippen molar-refractivity contribution in [2.75, 3.05) is 25.4 Å². The zero-order valence-corrected chi connectivity index (χ0v) is 12.9. The molecule has 1 amide bonds. The van der Waals surface area contributed by atoms with Crippen molar-refractivity contribution in [1.29, 1.82) is 0 Å². The number of carbonyl (C=O) groups is 1. The predicted molar refractivity (Wildman–Crippen MR) is 84.6 cm³/mol. The number of aryl methyl sites for hydroxylation is 1. The fraction of sp³-hybridized carbons (Fsp3) is 0.562. The second kappa shape index (κ2) is 8.59. The number of amides is 1. The van der Waals surface area contributed by atoms with Crippen LogP contribution in [0.1, 0.15) is 32.8 Å². The normalized spacial score (nSPS) is 11.1. The SMILES string of the molecule is CCN(CCCc1ccc(N)cc1)CC(=O)NC(C)C. The van der Waals surface area contributed by atoms with Crippen LogP contribution in [0.2, 0.25) is 0 Å². The molecule has 0 aliphatic carbocycles. The summed E-state index contributed by atoms with van der Waals surface area (Å²) in [4.78, 5) is 13.9. The number of rotatable bonds is 8. The molecule has 0 atom stereocenters. The standard InChI is InChI=1S/C16H27N3O/c1-4-19(12-16(20)18-13(2)3)11-5-6-14-7-9-15(17)10-8-14/h7-10,13H,4-6,11-12,17H2,1-3H3,(H,18,20). The van der Waals surface area contributed by atoms with Gasteiger partial charge in [-0.1, -0.05) is 19.1 Å². The molecule has 0 heterocycles. The van der Waals surface area contributed by atoms with Gasteiger partial charge in [0, 0.05) is 11.7 Å². The third-order valence-electron chi connectivity index (χ3n) is 3.18. The summed E-state index contributed by atoms with van der Waals surface area (Å²) in [5.74, 6) is 0.106. The Hall–Kier alpha value is -1.55. The molecule has 0 radical (unpaired) electrons. The van der Waals surface area contributed by atoms with Gasteiger partial charge in [-0.2, -0.15) is 0 Å². The molecule has 0 saturated heterocycles. The van der Waals surface area contributed by atoms with Crippen molar-refractivity contribution in [2.24, 2.45) is 0 Å². The fourth-order valence-electron chi connectivity index (χ4n) is 2.11. The van der Waals surface area contributed by atoms with E-state index in [0.717, 1.165) is 31.6 Å². The number of carbonyl (C=O) groups excluding carboxylic acids is 1. The third-order valence-corrected chi connectivity index (χ3v) is 3.18. The highest BCUT2D eigenvalue weighted by Crippen LogP contribution is 2.08. The molecule has 0 aliphatic heterocycles. The average Bonchev–Trinajstić information content (AvgIpc) is 2.39. The lowest BCUT2D eigenvalue weighted by Gasteiger charge is -2.20. The molecule has 1 aromatic carbocycles. The first-order chi connectivity index (χ1) is 9.51. The van der Waals surface area contributed by atoms with Crippen molar-refractivity contribution in [3.63, 3.8) is 0 Å². The first-order valence-corrected chi connectivity index (χ1v) is 7.37. The Bertz CT molecular complexity index is 401. The van der Waals surface area contributed by atoms with Crippen molar-refractivity contribution in [3.8, 4) is 0 Å². The van der Waals surface area contributed by atoms with Crippen LogP contribution in [0.4, 0.5) is 5.69 Å². The Kier molecular flexibility index (Phi) is 7.09. The molecule has 0 aromatic heterocycles. The molecule has 1 aromatic rings. The smallest absolute Gasteiger partial charge is 0.234 e. The van der Waals surface area contributed by atoms with Crippen molar-refractivity contribution >= 4 is 11.6 Å². The van der Waals surface area contributed by atoms with E-state index in [1.54, 1.807) is 0 Å². The van der Waals surface area contributed by atoms with Crippen LogP contribution >= 0.6 is 0 Å². The fourth-order valence-corrected chi connectivity index (χ4v) is 2.11. The molecule has 3 N–H and O–H groups in total. The highest BCUT2D eigenvalue weighted by molar-refractivity contribution is 5.78. The second-order valence-electron chi connectivity index (χ2n) is 5.44. The Morgan fingerprint density at radius 1 is 1.30 bits per heavy atom. The van der Waals surface area contributed by atoms with Crippen LogP contribution in [0.3, 0.4) is 0 Å². The number of likely N-dealkylation sites (N-methyl/N-ethyl adjacent to an activating group) is 1. The molecule has 4 nitrogen and oxygen atoms in total. The number of nitrogens with two attached hydrogens (primary N) is 1. The number of nitrogens with one attached hydrogen (secondary N) is 1. The van der Waals surface area contributed by atoms with E-state index in [1.807, 2.05) is 26.0 Å². The molecule has 1 rings (SSSR count). The Morgan fingerprint density at radius 3 is 2.50 bits per heavy atom. The Morgan fingerprint density at radius 2 is 1.95 bits per heavy atom. The van der Waals surface area contributed by atoms with Crippen LogP contribution in [0.5, 0.6) is 0 Å². The van der Waals surface area contributed by atoms with Crippen molar-refractivity contribution < 1.29 is 4.79 Å². The van der Waals surface area contributed by atoms with Crippen LogP contribution < -0.4 is 11.1 Å². The van der Waals surface area contributed by atoms with E-state index in [4.69, 9.17) is 5.73 Å². The molecule has 0 aliphatic rings. The van der Waals surface area contributed by atoms with Gasteiger partial charge in [-0.25, -0.2) is 0 Å². The summed E-state index contributed by atoms with van der Waals surface area (Å²) in [7, 11) is 0. The summed E-state index contributed by atoms with van der Waals surface area (Å²) >= 11 is 0. The predicted octanol–water partition coefficient (Wildman–Crippen LogP) is 2.05. The molecule has 0 bridgehead atoms. The van der Waals surface area contributed by atoms with Gasteiger partial charge in [0.2, 0.25) is 5.91 Å². The van der Waals surface area contributed by atoms with Crippen LogP contribution in [0.15, 0.2) is 24.3 Å². The molecular weight excluding hydrogens is 250 g/mol. The van der Waals surface area contributed by atoms with Crippen molar-refractivity contribution in [2.45, 2.75) is 39.7 Å². The molecule has 0 fully saturated rings. The van der Waals surface area contributed by atoms with E-state index in [1.165, 1.54) is 5.56 Å². The van der Waals surface area contributed by atoms with E-state index >= 15 is 0 Å². The van der Waals surface area contributed by atoms with E-state index < -0.39 is 0 Å². The van der Waals surface area contributed by atoms with Gasteiger partial charge in [0.1, 0.15) is 0 Å². The minimum Gasteiger partial charge on any atom is -0.399 e. The van der Waals surface area contributed by atoms with Gasteiger partial charge in [-0.15, -0.1) is 0 Å². The summed E-state index contributed by atoms with van der Waals surface area (Å²) in [6, 6.07) is 8.20. The summed E-state index contributed by atoms with van der Waals surface area (Å²) in [5, 5.41) is 2.93. The number of hydrogen-bond donors (Lipinski definition) is 2. The number of nitrogen functional groups attached to an aromatic ring is 1. The number of benzene rings is 1. The van der Waals surface area contributed by atoms with E-state index in [-0.39, 0.29) is 11.9 Å². The van der Waals surface area contributed by atoms with Crippen LogP contribution in [0.25, 0.3) is 0 Å². The molecule has 0 spiro atoms. The van der Waals surface area contributed by atoms with E-state index in [9.17, 15) is 4.79 Å². The van der Waals surface area contributed by atoms with Gasteiger partial charge in [0.05, 0.1) is 6.54 Å². The lowest BCUT2D eigenvalue weighted by Crippen LogP contribution is -2.40. The molecule has 0 unspecified atom stereocenters. The lowest BCUT2D eigenvalue weighted by atomic mass is 10.1. The monoisotopic (exact) mass is 277 g/mol. The van der Waals surface area contributed by atoms with Crippen LogP contribution in [-0.2, 0) is 11.2 Å². The van der Waals surface area contributed by atoms with Gasteiger partial charge in [0.25, 0.3) is 0 Å². The Labute approximate surface area is 122 Å². The maximum atomic E-state index is 11.7. The number of nitrogens with zero attached hydrogens (tertiary/aromatic N) is 1. The summed E-state index contributed by atoms with van der Waals surface area (Å²) in [5.41, 5.74) is 7.76. The molecule has 4 heteroatoms. The van der Waals surface area contributed by atoms with Gasteiger partial charge in [0.15, 0.2) is 0 Å². The highest BCUT2D eigenvalue weighted by Gasteiger charge is 2.09. The number of anilines is 1. The first-order valence-electron chi connectivity index (χ1n) is 7.37. The highest BCUT2D eigenvalue weighted by atomic mass is 16.2. The third kappa shape index (κ3) is 6.57. The van der Waals surface area contributed by atoms with Crippen LogP contribution in [0, 0.1) is 0 Å². The molecule has 0 saturated carbocycles. The topological polar surface area (TPSA) is 58.4 Å². The summed E-state index contributed by atoms with van der Waals surface area (Å²) in [6.07, 6.45) is 2.06. The zero-order chi connectivity index (χ0) is 15.0. The summed E-state index contributed by atoms with van der Waals surface area (Å²) < 4.78 is 0. The maximum Gasteiger partial charge on any atom is 0.234 e. The zero-order valence-electron chi connectivity index (χ0n) is 12.9. The largest absolute Gasteiger partial charge is 0.399 e. The minimum absolute atomic E-state index is 0.106. The lowest BCUT2D eigenvalue weighted by molar-refractivity contribution is -0.122. The quantitative estimate of drug-likeness (QED) is 0.715. The molecular formula is C16H27N3O. The second-order valence-corrected chi connectivity index (χ2v) is 5.44. The van der Waals surface area contributed by atoms with E-state index in [2.05, 4.69) is 29.3 Å². The number of hydrogen-bond acceptors (Lipinski definition) is 3. The van der Waals surface area contributed by atoms with Gasteiger partial charge in [-0.05, 0) is 57.5 Å². The van der Waals surface area contributed by atoms with Crippen molar-refractivity contribution in [1.82, 2.24) is 10.2 Å². The van der Waals surface area contributed by atoms with Gasteiger partial charge in [-0.3, -0.25) is 9.69 Å². The average molecular weight is 277 g/mol. The van der Waals surface area contributed by atoms with Crippen LogP contribution in [-0.4, -0.2) is 36.5 Å².